The number of anilines is 1. The summed E-state index contributed by atoms with van der Waals surface area (Å²) in [6.45, 7) is 4.13. The average Bonchev–Trinajstić information content (AvgIpc) is 3.33. The Labute approximate surface area is 221 Å². The molecule has 10 heteroatoms. The number of benzene rings is 2. The van der Waals surface area contributed by atoms with Crippen molar-refractivity contribution in [3.63, 3.8) is 0 Å². The minimum atomic E-state index is -1.26. The van der Waals surface area contributed by atoms with Crippen molar-refractivity contribution in [1.29, 1.82) is 0 Å². The molecule has 0 saturated carbocycles. The fourth-order valence-electron chi connectivity index (χ4n) is 4.32. The molecule has 1 fully saturated rings. The molecule has 1 amide bonds. The summed E-state index contributed by atoms with van der Waals surface area (Å²) in [6, 6.07) is 15.0. The number of fused-ring (bicyclic) bond motifs is 1. The Morgan fingerprint density at radius 1 is 1.11 bits per heavy atom. The molecule has 4 rings (SSSR count). The van der Waals surface area contributed by atoms with E-state index in [9.17, 15) is 14.4 Å². The lowest BCUT2D eigenvalue weighted by Gasteiger charge is -2.30. The fraction of sp³-hybridized carbons (Fsp3) is 0.370. The number of carboxylic acid groups (broad SMARTS) is 2. The van der Waals surface area contributed by atoms with Crippen LogP contribution in [0.3, 0.4) is 0 Å². The molecule has 3 N–H and O–H groups in total. The average molecular weight is 528 g/mol. The monoisotopic (exact) mass is 527 g/mol. The van der Waals surface area contributed by atoms with Crippen molar-refractivity contribution in [1.82, 2.24) is 10.2 Å². The van der Waals surface area contributed by atoms with E-state index in [-0.39, 0.29) is 5.91 Å². The number of carboxylic acids is 2. The number of nitrogens with one attached hydrogen (secondary N) is 1. The van der Waals surface area contributed by atoms with Crippen molar-refractivity contribution in [3.8, 4) is 5.75 Å². The van der Waals surface area contributed by atoms with Crippen LogP contribution in [0.15, 0.2) is 59.5 Å². The number of aliphatic carboxylic acids is 2. The lowest BCUT2D eigenvalue weighted by Crippen LogP contribution is -2.40. The number of rotatable bonds is 8. The van der Waals surface area contributed by atoms with Crippen molar-refractivity contribution in [2.75, 3.05) is 44.4 Å². The molecule has 0 aromatic heterocycles. The second kappa shape index (κ2) is 13.7. The number of thioether (sulfide) groups is 1. The summed E-state index contributed by atoms with van der Waals surface area (Å²) in [4.78, 5) is 37.9. The van der Waals surface area contributed by atoms with Crippen LogP contribution in [0.5, 0.6) is 5.75 Å². The quantitative estimate of drug-likeness (QED) is 0.351. The Morgan fingerprint density at radius 3 is 2.46 bits per heavy atom. The summed E-state index contributed by atoms with van der Waals surface area (Å²) < 4.78 is 5.90. The maximum Gasteiger partial charge on any atom is 0.328 e. The van der Waals surface area contributed by atoms with Crippen molar-refractivity contribution in [2.45, 2.75) is 30.3 Å². The molecule has 2 aliphatic rings. The molecule has 9 nitrogen and oxygen atoms in total. The third-order valence-electron chi connectivity index (χ3n) is 6.20. The van der Waals surface area contributed by atoms with E-state index in [1.54, 1.807) is 11.8 Å². The summed E-state index contributed by atoms with van der Waals surface area (Å²) >= 11 is 1.65. The zero-order chi connectivity index (χ0) is 26.8. The molecule has 0 spiro atoms. The molecule has 2 aliphatic heterocycles. The van der Waals surface area contributed by atoms with Gasteiger partial charge in [0, 0.05) is 43.2 Å². The van der Waals surface area contributed by atoms with E-state index >= 15 is 0 Å². The maximum atomic E-state index is 13.1. The minimum absolute atomic E-state index is 0.0426. The van der Waals surface area contributed by atoms with Gasteiger partial charge in [-0.1, -0.05) is 30.3 Å². The lowest BCUT2D eigenvalue weighted by molar-refractivity contribution is -0.134. The minimum Gasteiger partial charge on any atom is -0.489 e. The molecule has 0 unspecified atom stereocenters. The Hall–Kier alpha value is -3.50. The molecule has 0 bridgehead atoms. The lowest BCUT2D eigenvalue weighted by atomic mass is 10.1. The highest BCUT2D eigenvalue weighted by molar-refractivity contribution is 7.98. The molecular weight excluding hydrogens is 494 g/mol. The molecule has 2 aromatic rings. The molecule has 1 atom stereocenters. The fourth-order valence-corrected chi connectivity index (χ4v) is 4.78. The van der Waals surface area contributed by atoms with Gasteiger partial charge in [-0.25, -0.2) is 9.59 Å². The van der Waals surface area contributed by atoms with Gasteiger partial charge in [0.25, 0.3) is 5.91 Å². The third kappa shape index (κ3) is 8.26. The first-order valence-electron chi connectivity index (χ1n) is 12.0. The van der Waals surface area contributed by atoms with E-state index in [0.29, 0.717) is 42.7 Å². The summed E-state index contributed by atoms with van der Waals surface area (Å²) in [7, 11) is 2.05. The van der Waals surface area contributed by atoms with Gasteiger partial charge in [0.15, 0.2) is 5.75 Å². The maximum absolute atomic E-state index is 13.1. The van der Waals surface area contributed by atoms with Gasteiger partial charge in [-0.2, -0.15) is 0 Å². The van der Waals surface area contributed by atoms with Gasteiger partial charge in [-0.05, 0) is 43.3 Å². The number of likely N-dealkylation sites (N-methyl/N-ethyl adjacent to an activating group) is 1. The summed E-state index contributed by atoms with van der Waals surface area (Å²) in [5.74, 6) is -1.85. The number of ether oxygens (including phenoxy) is 1. The van der Waals surface area contributed by atoms with Crippen molar-refractivity contribution in [3.05, 3.63) is 65.7 Å². The smallest absolute Gasteiger partial charge is 0.328 e. The molecule has 1 saturated heterocycles. The van der Waals surface area contributed by atoms with Gasteiger partial charge in [0.1, 0.15) is 6.61 Å². The Kier molecular flexibility index (Phi) is 10.4. The van der Waals surface area contributed by atoms with Crippen LogP contribution in [0.4, 0.5) is 5.69 Å². The van der Waals surface area contributed by atoms with Crippen LogP contribution >= 0.6 is 11.8 Å². The first-order chi connectivity index (χ1) is 17.8. The molecule has 198 valence electrons. The molecule has 0 radical (unpaired) electrons. The highest BCUT2D eigenvalue weighted by Crippen LogP contribution is 2.38. The number of likely N-dealkylation sites (tertiary alicyclic amines) is 1. The van der Waals surface area contributed by atoms with Crippen molar-refractivity contribution < 1.29 is 29.3 Å². The van der Waals surface area contributed by atoms with E-state index < -0.39 is 11.9 Å². The van der Waals surface area contributed by atoms with Crippen LogP contribution in [0.2, 0.25) is 0 Å². The van der Waals surface area contributed by atoms with Crippen LogP contribution in [0, 0.1) is 0 Å². The van der Waals surface area contributed by atoms with Crippen LogP contribution in [-0.2, 0) is 16.1 Å². The Bertz CT molecular complexity index is 1110. The van der Waals surface area contributed by atoms with E-state index in [4.69, 9.17) is 14.9 Å². The summed E-state index contributed by atoms with van der Waals surface area (Å²) in [6.07, 6.45) is 5.45. The second-order valence-corrected chi connectivity index (χ2v) is 9.64. The SMILES string of the molecule is CSc1cc(C(=O)NC[C@H]2CCCN2Cc2ccccc2)c2c(c1)N(C)CCO2.O=C(O)/C=C/C(=O)O. The van der Waals surface area contributed by atoms with Gasteiger partial charge < -0.3 is 25.2 Å². The standard InChI is InChI=1S/C23H29N3O2S.C4H4O4/c1-25-11-12-28-22-20(13-19(29-2)14-21(22)25)23(27)24-15-18-9-6-10-26(18)16-17-7-4-3-5-8-17;5-3(6)1-2-4(7)8/h3-5,7-8,13-14,18H,6,9-12,15-16H2,1-2H3,(H,24,27);1-2H,(H,5,6)(H,7,8)/b;2-1+/t18-;/m1./s1. The molecule has 0 aliphatic carbocycles. The van der Waals surface area contributed by atoms with E-state index in [1.165, 1.54) is 12.0 Å². The number of hydrogen-bond acceptors (Lipinski definition) is 7. The van der Waals surface area contributed by atoms with E-state index in [1.807, 2.05) is 25.4 Å². The van der Waals surface area contributed by atoms with Crippen LogP contribution in [-0.4, -0.2) is 78.5 Å². The van der Waals surface area contributed by atoms with Crippen molar-refractivity contribution in [2.24, 2.45) is 0 Å². The first kappa shape index (κ1) is 28.1. The van der Waals surface area contributed by atoms with Gasteiger partial charge in [0.2, 0.25) is 0 Å². The predicted molar refractivity (Wildman–Crippen MR) is 144 cm³/mol. The molecule has 2 heterocycles. The van der Waals surface area contributed by atoms with Gasteiger partial charge in [-0.15, -0.1) is 11.8 Å². The largest absolute Gasteiger partial charge is 0.489 e. The summed E-state index contributed by atoms with van der Waals surface area (Å²) in [5.41, 5.74) is 2.97. The molecule has 2 aromatic carbocycles. The molecular formula is C27H33N3O6S. The number of hydrogen-bond donors (Lipinski definition) is 3. The van der Waals surface area contributed by atoms with Gasteiger partial charge in [0.05, 0.1) is 17.8 Å². The molecule has 37 heavy (non-hydrogen) atoms. The van der Waals surface area contributed by atoms with E-state index in [0.717, 1.165) is 36.6 Å². The number of nitrogens with zero attached hydrogens (tertiary/aromatic N) is 2. The Morgan fingerprint density at radius 2 is 1.81 bits per heavy atom. The third-order valence-corrected chi connectivity index (χ3v) is 6.91. The number of carbonyl (C=O) groups excluding carboxylic acids is 1. The summed E-state index contributed by atoms with van der Waals surface area (Å²) in [5, 5.41) is 18.8. The van der Waals surface area contributed by atoms with Crippen LogP contribution in [0.1, 0.15) is 28.8 Å². The van der Waals surface area contributed by atoms with Crippen LogP contribution < -0.4 is 15.0 Å². The normalized spacial score (nSPS) is 16.9. The zero-order valence-corrected chi connectivity index (χ0v) is 21.9. The van der Waals surface area contributed by atoms with Crippen LogP contribution in [0.25, 0.3) is 0 Å². The van der Waals surface area contributed by atoms with Crippen molar-refractivity contribution >= 4 is 35.3 Å². The second-order valence-electron chi connectivity index (χ2n) is 8.77. The topological polar surface area (TPSA) is 119 Å². The number of amides is 1. The zero-order valence-electron chi connectivity index (χ0n) is 21.1. The highest BCUT2D eigenvalue weighted by Gasteiger charge is 2.27. The van der Waals surface area contributed by atoms with Gasteiger partial charge >= 0.3 is 11.9 Å². The first-order valence-corrected chi connectivity index (χ1v) is 13.3. The Balaban J connectivity index is 0.000000414. The number of carbonyl (C=O) groups is 3. The highest BCUT2D eigenvalue weighted by atomic mass is 32.2. The predicted octanol–water partition coefficient (Wildman–Crippen LogP) is 3.34. The van der Waals surface area contributed by atoms with Gasteiger partial charge in [-0.3, -0.25) is 9.69 Å². The van der Waals surface area contributed by atoms with E-state index in [2.05, 4.69) is 45.4 Å².